The molecule has 0 aliphatic carbocycles. The van der Waals surface area contributed by atoms with Crippen LogP contribution in [0.25, 0.3) is 0 Å². The Morgan fingerprint density at radius 2 is 0.481 bits per heavy atom. The second kappa shape index (κ2) is 69.3. The van der Waals surface area contributed by atoms with Crippen LogP contribution in [-0.2, 0) is 28.6 Å². The first-order valence-corrected chi connectivity index (χ1v) is 35.4. The molecular formula is C75H134O6. The molecule has 0 spiro atoms. The third kappa shape index (κ3) is 67.5. The molecule has 0 rings (SSSR count). The van der Waals surface area contributed by atoms with Crippen LogP contribution in [0.15, 0.2) is 72.9 Å². The Morgan fingerprint density at radius 1 is 0.259 bits per heavy atom. The number of rotatable bonds is 65. The molecule has 0 aliphatic rings. The van der Waals surface area contributed by atoms with Gasteiger partial charge in [-0.05, 0) is 109 Å². The summed E-state index contributed by atoms with van der Waals surface area (Å²) in [5.74, 6) is -0.861. The highest BCUT2D eigenvalue weighted by molar-refractivity contribution is 5.71. The van der Waals surface area contributed by atoms with Gasteiger partial charge in [-0.25, -0.2) is 0 Å². The molecule has 0 aromatic rings. The molecule has 470 valence electrons. The van der Waals surface area contributed by atoms with Crippen LogP contribution in [0, 0.1) is 0 Å². The van der Waals surface area contributed by atoms with E-state index in [1.165, 1.54) is 244 Å². The predicted molar refractivity (Wildman–Crippen MR) is 353 cm³/mol. The fourth-order valence-corrected chi connectivity index (χ4v) is 10.4. The highest BCUT2D eigenvalue weighted by Gasteiger charge is 2.19. The summed E-state index contributed by atoms with van der Waals surface area (Å²) >= 11 is 0. The van der Waals surface area contributed by atoms with Crippen molar-refractivity contribution in [1.29, 1.82) is 0 Å². The van der Waals surface area contributed by atoms with Crippen LogP contribution in [0.2, 0.25) is 0 Å². The average molecular weight is 1130 g/mol. The summed E-state index contributed by atoms with van der Waals surface area (Å²) in [6, 6.07) is 0. The molecule has 0 aromatic carbocycles. The van der Waals surface area contributed by atoms with Crippen molar-refractivity contribution in [1.82, 2.24) is 0 Å². The van der Waals surface area contributed by atoms with Gasteiger partial charge in [-0.2, -0.15) is 0 Å². The minimum Gasteiger partial charge on any atom is -0.462 e. The monoisotopic (exact) mass is 1130 g/mol. The van der Waals surface area contributed by atoms with E-state index in [0.29, 0.717) is 19.3 Å². The first kappa shape index (κ1) is 77.9. The average Bonchev–Trinajstić information content (AvgIpc) is 3.47. The second-order valence-electron chi connectivity index (χ2n) is 23.8. The van der Waals surface area contributed by atoms with Crippen LogP contribution in [0.5, 0.6) is 0 Å². The summed E-state index contributed by atoms with van der Waals surface area (Å²) in [7, 11) is 0. The topological polar surface area (TPSA) is 78.9 Å². The number of ether oxygens (including phenoxy) is 3. The van der Waals surface area contributed by atoms with Gasteiger partial charge in [0.25, 0.3) is 0 Å². The summed E-state index contributed by atoms with van der Waals surface area (Å²) in [6.45, 7) is 6.57. The molecule has 0 fully saturated rings. The van der Waals surface area contributed by atoms with Crippen LogP contribution in [0.4, 0.5) is 0 Å². The minimum atomic E-state index is -0.779. The zero-order valence-corrected chi connectivity index (χ0v) is 54.1. The van der Waals surface area contributed by atoms with Gasteiger partial charge in [0.2, 0.25) is 0 Å². The highest BCUT2D eigenvalue weighted by Crippen LogP contribution is 2.18. The Balaban J connectivity index is 4.26. The van der Waals surface area contributed by atoms with Gasteiger partial charge in [0, 0.05) is 19.3 Å². The van der Waals surface area contributed by atoms with Crippen molar-refractivity contribution in [2.45, 2.75) is 374 Å². The number of carbonyl (C=O) groups excluding carboxylic acids is 3. The Labute approximate surface area is 503 Å². The van der Waals surface area contributed by atoms with Crippen molar-refractivity contribution < 1.29 is 28.6 Å². The standard InChI is InChI=1S/C75H134O6/c1-4-7-10-13-16-19-22-25-28-31-32-33-34-35-36-37-38-39-40-41-42-45-47-50-53-56-59-62-65-68-74(77)80-71-72(81-75(78)69-66-63-60-57-54-51-48-44-30-27-24-21-18-15-12-9-6-3)70-79-73(76)67-64-61-58-55-52-49-46-43-29-26-23-20-17-14-11-8-5-2/h7,10,16,19,25-30,32-33,72H,4-6,8-9,11-15,17-18,20-24,31,34-71H2,1-3H3/b10-7-,19-16-,28-25-,29-26-,30-27-,33-32-. The van der Waals surface area contributed by atoms with Gasteiger partial charge in [0.05, 0.1) is 0 Å². The summed E-state index contributed by atoms with van der Waals surface area (Å²) in [5, 5.41) is 0. The summed E-state index contributed by atoms with van der Waals surface area (Å²) < 4.78 is 17.0. The van der Waals surface area contributed by atoms with E-state index in [2.05, 4.69) is 93.7 Å². The molecule has 0 saturated heterocycles. The second-order valence-corrected chi connectivity index (χ2v) is 23.8. The fraction of sp³-hybridized carbons (Fsp3) is 0.800. The van der Waals surface area contributed by atoms with Gasteiger partial charge in [0.15, 0.2) is 6.10 Å². The largest absolute Gasteiger partial charge is 0.462 e. The van der Waals surface area contributed by atoms with Crippen molar-refractivity contribution in [2.24, 2.45) is 0 Å². The number of carbonyl (C=O) groups is 3. The molecule has 81 heavy (non-hydrogen) atoms. The van der Waals surface area contributed by atoms with E-state index in [0.717, 1.165) is 83.5 Å². The van der Waals surface area contributed by atoms with Gasteiger partial charge in [-0.3, -0.25) is 14.4 Å². The van der Waals surface area contributed by atoms with Gasteiger partial charge in [0.1, 0.15) is 13.2 Å². The molecule has 1 unspecified atom stereocenters. The first-order chi connectivity index (χ1) is 40.0. The van der Waals surface area contributed by atoms with Crippen molar-refractivity contribution in [2.75, 3.05) is 13.2 Å². The summed E-state index contributed by atoms with van der Waals surface area (Å²) in [6.07, 6.45) is 90.7. The van der Waals surface area contributed by atoms with Crippen LogP contribution < -0.4 is 0 Å². The number of unbranched alkanes of at least 4 members (excludes halogenated alkanes) is 42. The molecule has 0 heterocycles. The molecular weight excluding hydrogens is 997 g/mol. The lowest BCUT2D eigenvalue weighted by molar-refractivity contribution is -0.167. The molecule has 1 atom stereocenters. The molecule has 0 N–H and O–H groups in total. The third-order valence-electron chi connectivity index (χ3n) is 15.7. The Kier molecular flexibility index (Phi) is 66.6. The zero-order chi connectivity index (χ0) is 58.5. The molecule has 0 radical (unpaired) electrons. The van der Waals surface area contributed by atoms with E-state index in [1.54, 1.807) is 0 Å². The third-order valence-corrected chi connectivity index (χ3v) is 15.7. The normalized spacial score (nSPS) is 12.5. The number of esters is 3. The summed E-state index contributed by atoms with van der Waals surface area (Å²) in [4.78, 5) is 38.5. The van der Waals surface area contributed by atoms with Crippen LogP contribution >= 0.6 is 0 Å². The Morgan fingerprint density at radius 3 is 0.765 bits per heavy atom. The molecule has 0 aliphatic heterocycles. The molecule has 0 amide bonds. The number of hydrogen-bond acceptors (Lipinski definition) is 6. The van der Waals surface area contributed by atoms with E-state index in [1.807, 2.05) is 0 Å². The van der Waals surface area contributed by atoms with E-state index < -0.39 is 6.10 Å². The zero-order valence-electron chi connectivity index (χ0n) is 54.1. The lowest BCUT2D eigenvalue weighted by Gasteiger charge is -2.18. The number of allylic oxidation sites excluding steroid dienone is 12. The number of hydrogen-bond donors (Lipinski definition) is 0. The first-order valence-electron chi connectivity index (χ1n) is 35.4. The Bertz CT molecular complexity index is 1490. The molecule has 0 saturated carbocycles. The van der Waals surface area contributed by atoms with Crippen molar-refractivity contribution in [3.05, 3.63) is 72.9 Å². The lowest BCUT2D eigenvalue weighted by Crippen LogP contribution is -2.30. The van der Waals surface area contributed by atoms with Crippen molar-refractivity contribution >= 4 is 17.9 Å². The van der Waals surface area contributed by atoms with Gasteiger partial charge < -0.3 is 14.2 Å². The van der Waals surface area contributed by atoms with Crippen molar-refractivity contribution in [3.8, 4) is 0 Å². The van der Waals surface area contributed by atoms with Gasteiger partial charge in [-0.15, -0.1) is 0 Å². The van der Waals surface area contributed by atoms with Crippen LogP contribution in [0.1, 0.15) is 367 Å². The maximum Gasteiger partial charge on any atom is 0.306 e. The Hall–Kier alpha value is -3.15. The maximum atomic E-state index is 12.9. The van der Waals surface area contributed by atoms with Crippen molar-refractivity contribution in [3.63, 3.8) is 0 Å². The quantitative estimate of drug-likeness (QED) is 0.0261. The summed E-state index contributed by atoms with van der Waals surface area (Å²) in [5.41, 5.74) is 0. The minimum absolute atomic E-state index is 0.0746. The molecule has 6 heteroatoms. The maximum absolute atomic E-state index is 12.9. The van der Waals surface area contributed by atoms with E-state index in [9.17, 15) is 14.4 Å². The van der Waals surface area contributed by atoms with Crippen LogP contribution in [0.3, 0.4) is 0 Å². The highest BCUT2D eigenvalue weighted by atomic mass is 16.6. The van der Waals surface area contributed by atoms with E-state index >= 15 is 0 Å². The fourth-order valence-electron chi connectivity index (χ4n) is 10.4. The molecule has 6 nitrogen and oxygen atoms in total. The smallest absolute Gasteiger partial charge is 0.306 e. The van der Waals surface area contributed by atoms with E-state index in [4.69, 9.17) is 14.2 Å². The van der Waals surface area contributed by atoms with E-state index in [-0.39, 0.29) is 31.1 Å². The molecule has 0 bridgehead atoms. The van der Waals surface area contributed by atoms with Crippen LogP contribution in [-0.4, -0.2) is 37.2 Å². The molecule has 0 aromatic heterocycles. The SMILES string of the molecule is CC/C=C\C/C=C\C/C=C\C/C=C\CCCCCCCCCCCCCCCCCCC(=O)OCC(COC(=O)CCCCCCCCC/C=C\CCCCCCCC)OC(=O)CCCCCCCCC/C=C\CCCCCCCC. The van der Waals surface area contributed by atoms with Gasteiger partial charge in [-0.1, -0.05) is 312 Å². The lowest BCUT2D eigenvalue weighted by atomic mass is 10.0. The predicted octanol–water partition coefficient (Wildman–Crippen LogP) is 24.4. The van der Waals surface area contributed by atoms with Gasteiger partial charge >= 0.3 is 17.9 Å².